The van der Waals surface area contributed by atoms with Crippen molar-refractivity contribution in [2.45, 2.75) is 32.6 Å². The molecule has 5 nitrogen and oxygen atoms in total. The van der Waals surface area contributed by atoms with Gasteiger partial charge in [-0.05, 0) is 43.4 Å². The number of carbonyl (C=O) groups is 1. The number of halogens is 1. The van der Waals surface area contributed by atoms with Crippen molar-refractivity contribution in [1.29, 1.82) is 0 Å². The molecule has 3 rings (SSSR count). The van der Waals surface area contributed by atoms with Crippen LogP contribution in [-0.2, 0) is 0 Å². The molecule has 0 bridgehead atoms. The van der Waals surface area contributed by atoms with Crippen molar-refractivity contribution >= 4 is 17.5 Å². The number of nitrogens with one attached hydrogen (secondary N) is 1. The Morgan fingerprint density at radius 1 is 1.50 bits per heavy atom. The summed E-state index contributed by atoms with van der Waals surface area (Å²) in [6.07, 6.45) is 3.76. The Balaban J connectivity index is 1.90. The van der Waals surface area contributed by atoms with Gasteiger partial charge in [-0.25, -0.2) is 4.68 Å². The van der Waals surface area contributed by atoms with Crippen LogP contribution in [0.4, 0.5) is 0 Å². The minimum atomic E-state index is -0.137. The highest BCUT2D eigenvalue weighted by atomic mass is 35.5. The second-order valence-electron chi connectivity index (χ2n) is 6.56. The number of hydrogen-bond acceptors (Lipinski definition) is 3. The Morgan fingerprint density at radius 3 is 2.88 bits per heavy atom. The lowest BCUT2D eigenvalue weighted by Crippen LogP contribution is -2.30. The minimum Gasteiger partial charge on any atom is -0.396 e. The quantitative estimate of drug-likeness (QED) is 0.843. The molecule has 1 saturated carbocycles. The van der Waals surface area contributed by atoms with E-state index in [1.807, 2.05) is 36.7 Å². The Hall–Kier alpha value is -1.85. The molecule has 24 heavy (non-hydrogen) atoms. The third kappa shape index (κ3) is 3.47. The number of benzene rings is 1. The highest BCUT2D eigenvalue weighted by Gasteiger charge is 2.33. The fraction of sp³-hybridized carbons (Fsp3) is 0.444. The van der Waals surface area contributed by atoms with Gasteiger partial charge in [0.1, 0.15) is 0 Å². The first-order valence-corrected chi connectivity index (χ1v) is 8.62. The van der Waals surface area contributed by atoms with Gasteiger partial charge in [0.25, 0.3) is 5.91 Å². The van der Waals surface area contributed by atoms with Crippen molar-refractivity contribution in [3.63, 3.8) is 0 Å². The summed E-state index contributed by atoms with van der Waals surface area (Å²) in [6.45, 7) is 4.34. The molecule has 0 saturated heterocycles. The maximum atomic E-state index is 12.5. The number of aliphatic hydroxyl groups excluding tert-OH is 1. The number of hydrogen-bond donors (Lipinski definition) is 2. The minimum absolute atomic E-state index is 0.0317. The van der Waals surface area contributed by atoms with Gasteiger partial charge in [0.15, 0.2) is 0 Å². The van der Waals surface area contributed by atoms with E-state index in [0.717, 1.165) is 29.8 Å². The van der Waals surface area contributed by atoms with Crippen LogP contribution >= 0.6 is 11.6 Å². The van der Waals surface area contributed by atoms with Crippen molar-refractivity contribution in [2.75, 3.05) is 13.2 Å². The second kappa shape index (κ2) is 6.95. The predicted octanol–water partition coefficient (Wildman–Crippen LogP) is 3.07. The second-order valence-corrected chi connectivity index (χ2v) is 6.97. The Morgan fingerprint density at radius 2 is 2.25 bits per heavy atom. The third-order valence-electron chi connectivity index (χ3n) is 4.34. The lowest BCUT2D eigenvalue weighted by atomic mass is 10.1. The SMILES string of the molecule is Cc1ccc(-n2ncc(C(=O)NCC(C)CO)c2C2CC2)cc1Cl. The van der Waals surface area contributed by atoms with E-state index in [1.54, 1.807) is 6.20 Å². The molecule has 1 atom stereocenters. The zero-order valence-corrected chi connectivity index (χ0v) is 14.7. The number of nitrogens with zero attached hydrogens (tertiary/aromatic N) is 2. The molecule has 1 unspecified atom stereocenters. The average molecular weight is 348 g/mol. The monoisotopic (exact) mass is 347 g/mol. The van der Waals surface area contributed by atoms with Crippen LogP contribution in [-0.4, -0.2) is 33.9 Å². The Kier molecular flexibility index (Phi) is 4.92. The van der Waals surface area contributed by atoms with Gasteiger partial charge in [-0.2, -0.15) is 5.10 Å². The van der Waals surface area contributed by atoms with Crippen LogP contribution in [0.15, 0.2) is 24.4 Å². The summed E-state index contributed by atoms with van der Waals surface area (Å²) in [5.41, 5.74) is 3.44. The highest BCUT2D eigenvalue weighted by molar-refractivity contribution is 6.31. The van der Waals surface area contributed by atoms with E-state index < -0.39 is 0 Å². The van der Waals surface area contributed by atoms with Gasteiger partial charge in [0.05, 0.1) is 23.1 Å². The summed E-state index contributed by atoms with van der Waals surface area (Å²) in [5, 5.41) is 17.1. The fourth-order valence-corrected chi connectivity index (χ4v) is 2.80. The number of aryl methyl sites for hydroxylation is 1. The summed E-state index contributed by atoms with van der Waals surface area (Å²) >= 11 is 6.24. The third-order valence-corrected chi connectivity index (χ3v) is 4.75. The summed E-state index contributed by atoms with van der Waals surface area (Å²) in [7, 11) is 0. The fourth-order valence-electron chi connectivity index (χ4n) is 2.63. The highest BCUT2D eigenvalue weighted by Crippen LogP contribution is 2.42. The van der Waals surface area contributed by atoms with Crippen molar-refractivity contribution in [3.05, 3.63) is 46.2 Å². The molecule has 2 aromatic rings. The molecule has 1 heterocycles. The zero-order chi connectivity index (χ0) is 17.3. The molecule has 1 aliphatic carbocycles. The van der Waals surface area contributed by atoms with E-state index in [2.05, 4.69) is 10.4 Å². The smallest absolute Gasteiger partial charge is 0.254 e. The summed E-state index contributed by atoms with van der Waals surface area (Å²) in [5.74, 6) is 0.259. The molecule has 128 valence electrons. The summed E-state index contributed by atoms with van der Waals surface area (Å²) in [6, 6.07) is 5.81. The van der Waals surface area contributed by atoms with Gasteiger partial charge in [-0.3, -0.25) is 4.79 Å². The molecule has 1 aliphatic rings. The first-order valence-electron chi connectivity index (χ1n) is 8.24. The van der Waals surface area contributed by atoms with Crippen LogP contribution in [0.5, 0.6) is 0 Å². The number of amides is 1. The summed E-state index contributed by atoms with van der Waals surface area (Å²) in [4.78, 5) is 12.5. The summed E-state index contributed by atoms with van der Waals surface area (Å²) < 4.78 is 1.83. The molecule has 6 heteroatoms. The maximum Gasteiger partial charge on any atom is 0.254 e. The van der Waals surface area contributed by atoms with E-state index >= 15 is 0 Å². The van der Waals surface area contributed by atoms with Gasteiger partial charge in [0.2, 0.25) is 0 Å². The molecule has 0 spiro atoms. The van der Waals surface area contributed by atoms with Crippen LogP contribution in [0.3, 0.4) is 0 Å². The molecule has 0 radical (unpaired) electrons. The van der Waals surface area contributed by atoms with Crippen LogP contribution in [0.25, 0.3) is 5.69 Å². The van der Waals surface area contributed by atoms with Crippen molar-refractivity contribution in [2.24, 2.45) is 5.92 Å². The molecule has 1 fully saturated rings. The Labute approximate surface area is 146 Å². The average Bonchev–Trinajstić information content (AvgIpc) is 3.33. The van der Waals surface area contributed by atoms with Gasteiger partial charge in [0, 0.05) is 24.1 Å². The van der Waals surface area contributed by atoms with Crippen molar-refractivity contribution in [1.82, 2.24) is 15.1 Å². The van der Waals surface area contributed by atoms with E-state index in [9.17, 15) is 4.79 Å². The van der Waals surface area contributed by atoms with Crippen LogP contribution in [0, 0.1) is 12.8 Å². The van der Waals surface area contributed by atoms with Gasteiger partial charge >= 0.3 is 0 Å². The molecule has 1 aromatic heterocycles. The first kappa shape index (κ1) is 17.0. The molecule has 1 amide bonds. The number of aliphatic hydroxyl groups is 1. The molecular weight excluding hydrogens is 326 g/mol. The maximum absolute atomic E-state index is 12.5. The predicted molar refractivity (Wildman–Crippen MR) is 93.9 cm³/mol. The normalized spacial score (nSPS) is 15.3. The lowest BCUT2D eigenvalue weighted by molar-refractivity contribution is 0.0941. The lowest BCUT2D eigenvalue weighted by Gasteiger charge is -2.12. The molecule has 0 aliphatic heterocycles. The molecule has 1 aromatic carbocycles. The van der Waals surface area contributed by atoms with Gasteiger partial charge < -0.3 is 10.4 Å². The Bertz CT molecular complexity index is 753. The van der Waals surface area contributed by atoms with Crippen LogP contribution in [0.1, 0.15) is 47.3 Å². The largest absolute Gasteiger partial charge is 0.396 e. The van der Waals surface area contributed by atoms with E-state index in [-0.39, 0.29) is 18.4 Å². The first-order chi connectivity index (χ1) is 11.5. The van der Waals surface area contributed by atoms with E-state index in [4.69, 9.17) is 16.7 Å². The van der Waals surface area contributed by atoms with E-state index in [1.165, 1.54) is 0 Å². The standard InChI is InChI=1S/C18H22ClN3O2/c1-11(10-23)8-20-18(24)15-9-21-22(17(15)13-4-5-13)14-6-3-12(2)16(19)7-14/h3,6-7,9,11,13,23H,4-5,8,10H2,1-2H3,(H,20,24). The number of carbonyl (C=O) groups excluding carboxylic acids is 1. The van der Waals surface area contributed by atoms with Gasteiger partial charge in [-0.1, -0.05) is 24.6 Å². The van der Waals surface area contributed by atoms with Gasteiger partial charge in [-0.15, -0.1) is 0 Å². The van der Waals surface area contributed by atoms with Crippen molar-refractivity contribution in [3.8, 4) is 5.69 Å². The van der Waals surface area contributed by atoms with Crippen LogP contribution in [0.2, 0.25) is 5.02 Å². The van der Waals surface area contributed by atoms with E-state index in [0.29, 0.717) is 23.0 Å². The number of aromatic nitrogens is 2. The van der Waals surface area contributed by atoms with Crippen LogP contribution < -0.4 is 5.32 Å². The number of rotatable bonds is 6. The molecular formula is C18H22ClN3O2. The zero-order valence-electron chi connectivity index (χ0n) is 13.9. The topological polar surface area (TPSA) is 67.2 Å². The molecule has 2 N–H and O–H groups in total. The van der Waals surface area contributed by atoms with Crippen molar-refractivity contribution < 1.29 is 9.90 Å².